The van der Waals surface area contributed by atoms with Gasteiger partial charge < -0.3 is 10.6 Å². The monoisotopic (exact) mass is 355 g/mol. The van der Waals surface area contributed by atoms with Crippen molar-refractivity contribution in [1.82, 2.24) is 10.3 Å². The number of rotatable bonds is 6. The van der Waals surface area contributed by atoms with E-state index in [2.05, 4.69) is 15.6 Å². The van der Waals surface area contributed by atoms with Gasteiger partial charge in [-0.3, -0.25) is 4.79 Å². The Kier molecular flexibility index (Phi) is 5.40. The van der Waals surface area contributed by atoms with E-state index < -0.39 is 0 Å². The molecule has 0 spiro atoms. The molecule has 0 unspecified atom stereocenters. The van der Waals surface area contributed by atoms with Crippen molar-refractivity contribution in [2.75, 3.05) is 18.9 Å². The molecule has 0 atom stereocenters. The molecule has 25 heavy (non-hydrogen) atoms. The second-order valence-electron chi connectivity index (χ2n) is 5.48. The summed E-state index contributed by atoms with van der Waals surface area (Å²) in [6, 6.07) is 13.9. The van der Waals surface area contributed by atoms with Crippen molar-refractivity contribution < 1.29 is 9.18 Å². The normalized spacial score (nSPS) is 10.5. The fraction of sp³-hybridized carbons (Fsp3) is 0.158. The van der Waals surface area contributed by atoms with Crippen LogP contribution in [0.5, 0.6) is 0 Å². The Bertz CT molecular complexity index is 861. The average molecular weight is 355 g/mol. The Morgan fingerprint density at radius 1 is 1.16 bits per heavy atom. The van der Waals surface area contributed by atoms with Gasteiger partial charge in [0.2, 0.25) is 0 Å². The molecule has 2 heterocycles. The first-order chi connectivity index (χ1) is 12.2. The first-order valence-electron chi connectivity index (χ1n) is 7.92. The zero-order valence-electron chi connectivity index (χ0n) is 13.8. The van der Waals surface area contributed by atoms with Crippen molar-refractivity contribution in [2.45, 2.75) is 6.42 Å². The molecule has 1 aromatic carbocycles. The molecule has 6 heteroatoms. The van der Waals surface area contributed by atoms with Gasteiger partial charge in [0.15, 0.2) is 0 Å². The van der Waals surface area contributed by atoms with Gasteiger partial charge in [0.1, 0.15) is 11.6 Å². The standard InChI is InChI=1S/C19H18FN3OS/c1-21-18-12-14(9-11-22-18)16-6-7-17(25-16)19(24)23-10-8-13-2-4-15(20)5-3-13/h2-7,9,11-12H,8,10H2,1H3,(H,21,22)(H,23,24). The molecule has 0 saturated carbocycles. The number of benzene rings is 1. The summed E-state index contributed by atoms with van der Waals surface area (Å²) in [6.45, 7) is 0.511. The van der Waals surface area contributed by atoms with Gasteiger partial charge in [-0.25, -0.2) is 9.37 Å². The molecule has 128 valence electrons. The van der Waals surface area contributed by atoms with E-state index in [1.165, 1.54) is 23.5 Å². The highest BCUT2D eigenvalue weighted by atomic mass is 32.1. The lowest BCUT2D eigenvalue weighted by Gasteiger charge is -2.04. The number of aromatic nitrogens is 1. The second kappa shape index (κ2) is 7.90. The maximum Gasteiger partial charge on any atom is 0.261 e. The molecule has 3 aromatic rings. The smallest absolute Gasteiger partial charge is 0.261 e. The van der Waals surface area contributed by atoms with Crippen LogP contribution >= 0.6 is 11.3 Å². The molecule has 0 bridgehead atoms. The van der Waals surface area contributed by atoms with E-state index in [1.54, 1.807) is 18.3 Å². The largest absolute Gasteiger partial charge is 0.373 e. The molecule has 2 N–H and O–H groups in total. The van der Waals surface area contributed by atoms with E-state index in [0.29, 0.717) is 17.8 Å². The summed E-state index contributed by atoms with van der Waals surface area (Å²) >= 11 is 1.44. The van der Waals surface area contributed by atoms with Crippen LogP contribution in [0.4, 0.5) is 10.2 Å². The van der Waals surface area contributed by atoms with E-state index in [4.69, 9.17) is 0 Å². The Hall–Kier alpha value is -2.73. The molecule has 0 fully saturated rings. The lowest BCUT2D eigenvalue weighted by molar-refractivity contribution is 0.0958. The predicted molar refractivity (Wildman–Crippen MR) is 99.5 cm³/mol. The zero-order valence-corrected chi connectivity index (χ0v) is 14.6. The van der Waals surface area contributed by atoms with Crippen LogP contribution < -0.4 is 10.6 Å². The van der Waals surface area contributed by atoms with Crippen molar-refractivity contribution in [3.05, 3.63) is 71.0 Å². The van der Waals surface area contributed by atoms with Crippen LogP contribution in [0.25, 0.3) is 10.4 Å². The Morgan fingerprint density at radius 2 is 1.96 bits per heavy atom. The van der Waals surface area contributed by atoms with Gasteiger partial charge in [-0.05, 0) is 53.9 Å². The van der Waals surface area contributed by atoms with Gasteiger partial charge in [0.25, 0.3) is 5.91 Å². The quantitative estimate of drug-likeness (QED) is 0.704. The van der Waals surface area contributed by atoms with Crippen molar-refractivity contribution in [3.8, 4) is 10.4 Å². The van der Waals surface area contributed by atoms with Gasteiger partial charge in [-0.2, -0.15) is 0 Å². The van der Waals surface area contributed by atoms with E-state index in [-0.39, 0.29) is 11.7 Å². The van der Waals surface area contributed by atoms with Crippen LogP contribution in [0.2, 0.25) is 0 Å². The minimum atomic E-state index is -0.253. The molecular formula is C19H18FN3OS. The van der Waals surface area contributed by atoms with Crippen molar-refractivity contribution >= 4 is 23.1 Å². The number of amides is 1. The second-order valence-corrected chi connectivity index (χ2v) is 6.56. The first-order valence-corrected chi connectivity index (χ1v) is 8.74. The molecular weight excluding hydrogens is 337 g/mol. The first kappa shape index (κ1) is 17.1. The molecule has 4 nitrogen and oxygen atoms in total. The predicted octanol–water partition coefficient (Wildman–Crippen LogP) is 3.96. The maximum atomic E-state index is 12.9. The summed E-state index contributed by atoms with van der Waals surface area (Å²) in [6.07, 6.45) is 2.41. The number of anilines is 1. The number of thiophene rings is 1. The number of pyridine rings is 1. The number of nitrogens with zero attached hydrogens (tertiary/aromatic N) is 1. The van der Waals surface area contributed by atoms with Crippen LogP contribution in [-0.2, 0) is 6.42 Å². The van der Waals surface area contributed by atoms with Crippen LogP contribution in [0, 0.1) is 5.82 Å². The molecule has 0 saturated heterocycles. The summed E-state index contributed by atoms with van der Waals surface area (Å²) in [5, 5.41) is 5.91. The summed E-state index contributed by atoms with van der Waals surface area (Å²) in [5.74, 6) is 0.439. The third kappa shape index (κ3) is 4.42. The number of hydrogen-bond donors (Lipinski definition) is 2. The fourth-order valence-corrected chi connectivity index (χ4v) is 3.31. The average Bonchev–Trinajstić information content (AvgIpc) is 3.14. The molecule has 2 aromatic heterocycles. The van der Waals surface area contributed by atoms with Gasteiger partial charge in [0.05, 0.1) is 4.88 Å². The highest BCUT2D eigenvalue weighted by Crippen LogP contribution is 2.29. The minimum Gasteiger partial charge on any atom is -0.373 e. The Morgan fingerprint density at radius 3 is 2.72 bits per heavy atom. The maximum absolute atomic E-state index is 12.9. The zero-order chi connectivity index (χ0) is 17.6. The highest BCUT2D eigenvalue weighted by molar-refractivity contribution is 7.17. The number of nitrogens with one attached hydrogen (secondary N) is 2. The number of hydrogen-bond acceptors (Lipinski definition) is 4. The topological polar surface area (TPSA) is 54.0 Å². The van der Waals surface area contributed by atoms with Crippen LogP contribution in [0.3, 0.4) is 0 Å². The van der Waals surface area contributed by atoms with Crippen molar-refractivity contribution in [2.24, 2.45) is 0 Å². The van der Waals surface area contributed by atoms with Gasteiger partial charge >= 0.3 is 0 Å². The lowest BCUT2D eigenvalue weighted by Crippen LogP contribution is -2.24. The lowest BCUT2D eigenvalue weighted by atomic mass is 10.1. The third-order valence-corrected chi connectivity index (χ3v) is 4.88. The highest BCUT2D eigenvalue weighted by Gasteiger charge is 2.10. The van der Waals surface area contributed by atoms with Crippen molar-refractivity contribution in [1.29, 1.82) is 0 Å². The summed E-state index contributed by atoms with van der Waals surface area (Å²) in [7, 11) is 1.82. The Balaban J connectivity index is 1.59. The molecule has 1 amide bonds. The van der Waals surface area contributed by atoms with E-state index >= 15 is 0 Å². The molecule has 0 aliphatic carbocycles. The van der Waals surface area contributed by atoms with Crippen LogP contribution in [0.15, 0.2) is 54.7 Å². The number of halogens is 1. The summed E-state index contributed by atoms with van der Waals surface area (Å²) < 4.78 is 12.9. The minimum absolute atomic E-state index is 0.0961. The van der Waals surface area contributed by atoms with Crippen LogP contribution in [-0.4, -0.2) is 24.5 Å². The summed E-state index contributed by atoms with van der Waals surface area (Å²) in [4.78, 5) is 18.1. The van der Waals surface area contributed by atoms with E-state index in [9.17, 15) is 9.18 Å². The molecule has 3 rings (SSSR count). The Labute approximate surface area is 149 Å². The molecule has 0 aliphatic heterocycles. The summed E-state index contributed by atoms with van der Waals surface area (Å²) in [5.41, 5.74) is 2.01. The fourth-order valence-electron chi connectivity index (χ4n) is 2.39. The van der Waals surface area contributed by atoms with Gasteiger partial charge in [0, 0.05) is 24.7 Å². The molecule has 0 aliphatic rings. The SMILES string of the molecule is CNc1cc(-c2ccc(C(=O)NCCc3ccc(F)cc3)s2)ccn1. The molecule has 0 radical (unpaired) electrons. The van der Waals surface area contributed by atoms with E-state index in [0.717, 1.165) is 21.8 Å². The van der Waals surface area contributed by atoms with Gasteiger partial charge in [-0.15, -0.1) is 11.3 Å². The van der Waals surface area contributed by atoms with Gasteiger partial charge in [-0.1, -0.05) is 12.1 Å². The number of carbonyl (C=O) groups is 1. The van der Waals surface area contributed by atoms with Crippen molar-refractivity contribution in [3.63, 3.8) is 0 Å². The number of carbonyl (C=O) groups excluding carboxylic acids is 1. The van der Waals surface area contributed by atoms with E-state index in [1.807, 2.05) is 31.3 Å². The third-order valence-electron chi connectivity index (χ3n) is 3.74. The van der Waals surface area contributed by atoms with Crippen LogP contribution in [0.1, 0.15) is 15.2 Å².